The molecule has 0 bridgehead atoms. The van der Waals surface area contributed by atoms with Crippen molar-refractivity contribution in [3.63, 3.8) is 0 Å². The molecule has 1 N–H and O–H groups in total. The van der Waals surface area contributed by atoms with E-state index >= 15 is 0 Å². The van der Waals surface area contributed by atoms with Crippen molar-refractivity contribution in [2.75, 3.05) is 11.9 Å². The van der Waals surface area contributed by atoms with Gasteiger partial charge in [-0.05, 0) is 69.0 Å². The van der Waals surface area contributed by atoms with Crippen LogP contribution in [0.25, 0.3) is 0 Å². The number of sulfonamides is 1. The van der Waals surface area contributed by atoms with Gasteiger partial charge < -0.3 is 4.90 Å². The Kier molecular flexibility index (Phi) is 6.37. The van der Waals surface area contributed by atoms with Crippen LogP contribution in [-0.2, 0) is 10.0 Å². The lowest BCUT2D eigenvalue weighted by molar-refractivity contribution is 0.351. The van der Waals surface area contributed by atoms with Crippen LogP contribution in [0.5, 0.6) is 0 Å². The van der Waals surface area contributed by atoms with Crippen molar-refractivity contribution in [3.05, 3.63) is 58.1 Å². The Morgan fingerprint density at radius 2 is 1.57 bits per heavy atom. The Labute approximate surface area is 174 Å². The Hall–Kier alpha value is -1.56. The zero-order valence-corrected chi connectivity index (χ0v) is 18.6. The van der Waals surface area contributed by atoms with Crippen LogP contribution in [0.1, 0.15) is 42.4 Å². The van der Waals surface area contributed by atoms with Gasteiger partial charge >= 0.3 is 0 Å². The fraction of sp³-hybridized carbons (Fsp3) is 0.455. The number of nitrogens with zero attached hydrogens (tertiary/aromatic N) is 1. The molecule has 0 aromatic heterocycles. The Morgan fingerprint density at radius 3 is 2.18 bits per heavy atom. The van der Waals surface area contributed by atoms with Gasteiger partial charge in [-0.3, -0.25) is 0 Å². The molecule has 0 aliphatic heterocycles. The molecule has 0 unspecified atom stereocenters. The van der Waals surface area contributed by atoms with Crippen LogP contribution in [0.15, 0.2) is 41.3 Å². The summed E-state index contributed by atoms with van der Waals surface area (Å²) in [4.78, 5) is 2.53. The second-order valence-corrected chi connectivity index (χ2v) is 10.0. The summed E-state index contributed by atoms with van der Waals surface area (Å²) in [5.74, 6) is 0. The summed E-state index contributed by atoms with van der Waals surface area (Å²) in [6, 6.07) is 10.7. The summed E-state index contributed by atoms with van der Waals surface area (Å²) in [6.45, 7) is 6.36. The normalized spacial score (nSPS) is 20.2. The highest BCUT2D eigenvalue weighted by atomic mass is 35.5. The molecule has 152 valence electrons. The fourth-order valence-corrected chi connectivity index (χ4v) is 5.92. The van der Waals surface area contributed by atoms with E-state index in [4.69, 9.17) is 11.6 Å². The molecule has 2 aromatic rings. The maximum Gasteiger partial charge on any atom is 0.240 e. The van der Waals surface area contributed by atoms with Crippen LogP contribution in [0, 0.1) is 20.8 Å². The molecule has 0 saturated heterocycles. The number of aryl methyl sites for hydroxylation is 3. The van der Waals surface area contributed by atoms with E-state index in [1.165, 1.54) is 22.4 Å². The molecule has 1 saturated carbocycles. The van der Waals surface area contributed by atoms with Crippen LogP contribution in [-0.4, -0.2) is 27.5 Å². The predicted molar refractivity (Wildman–Crippen MR) is 117 cm³/mol. The SMILES string of the molecule is Cc1cc(C)c(N(C)[C@@H]2CCCC[C@@H]2NS(=O)(=O)c2ccc(Cl)cc2)c(C)c1. The Balaban J connectivity index is 1.87. The number of anilines is 1. The number of likely N-dealkylation sites (N-methyl/N-ethyl adjacent to an activating group) is 1. The number of rotatable bonds is 5. The molecular formula is C22H29ClN2O2S. The first-order chi connectivity index (χ1) is 13.2. The molecule has 0 heterocycles. The quantitative estimate of drug-likeness (QED) is 0.741. The standard InChI is InChI=1S/C22H29ClN2O2S/c1-15-13-16(2)22(17(3)14-15)25(4)21-8-6-5-7-20(21)24-28(26,27)19-11-9-18(23)10-12-19/h9-14,20-21,24H,5-8H2,1-4H3/t20-,21+/m0/s1. The smallest absolute Gasteiger partial charge is 0.240 e. The zero-order valence-electron chi connectivity index (χ0n) is 17.0. The molecule has 0 radical (unpaired) electrons. The maximum absolute atomic E-state index is 12.9. The Morgan fingerprint density at radius 1 is 1.00 bits per heavy atom. The van der Waals surface area contributed by atoms with Gasteiger partial charge in [0.2, 0.25) is 10.0 Å². The molecule has 1 aliphatic rings. The highest BCUT2D eigenvalue weighted by Gasteiger charge is 2.33. The molecule has 0 amide bonds. The molecule has 0 spiro atoms. The topological polar surface area (TPSA) is 49.4 Å². The minimum absolute atomic E-state index is 0.121. The van der Waals surface area contributed by atoms with Crippen LogP contribution in [0.2, 0.25) is 5.02 Å². The second kappa shape index (κ2) is 8.44. The van der Waals surface area contributed by atoms with Crippen LogP contribution < -0.4 is 9.62 Å². The van der Waals surface area contributed by atoms with E-state index in [1.807, 2.05) is 0 Å². The molecule has 28 heavy (non-hydrogen) atoms. The summed E-state index contributed by atoms with van der Waals surface area (Å²) in [5.41, 5.74) is 4.90. The maximum atomic E-state index is 12.9. The number of halogens is 1. The molecule has 3 rings (SSSR count). The van der Waals surface area contributed by atoms with Crippen molar-refractivity contribution < 1.29 is 8.42 Å². The number of benzene rings is 2. The van der Waals surface area contributed by atoms with Crippen LogP contribution in [0.4, 0.5) is 5.69 Å². The summed E-state index contributed by atoms with van der Waals surface area (Å²) >= 11 is 5.90. The van der Waals surface area contributed by atoms with E-state index < -0.39 is 10.0 Å². The summed E-state index contributed by atoms with van der Waals surface area (Å²) in [6.07, 6.45) is 3.95. The lowest BCUT2D eigenvalue weighted by atomic mass is 9.89. The average molecular weight is 421 g/mol. The fourth-order valence-electron chi connectivity index (χ4n) is 4.49. The first-order valence-electron chi connectivity index (χ1n) is 9.77. The predicted octanol–water partition coefficient (Wildman–Crippen LogP) is 4.99. The van der Waals surface area contributed by atoms with Crippen LogP contribution >= 0.6 is 11.6 Å². The molecule has 1 fully saturated rings. The summed E-state index contributed by atoms with van der Waals surface area (Å²) in [5, 5.41) is 0.527. The molecule has 2 atom stereocenters. The lowest BCUT2D eigenvalue weighted by Crippen LogP contribution is -2.52. The van der Waals surface area contributed by atoms with Gasteiger partial charge in [-0.25, -0.2) is 13.1 Å². The first-order valence-corrected chi connectivity index (χ1v) is 11.6. The first kappa shape index (κ1) is 21.2. The van der Waals surface area contributed by atoms with Crippen molar-refractivity contribution in [2.24, 2.45) is 0 Å². The van der Waals surface area contributed by atoms with Gasteiger partial charge in [0, 0.05) is 29.8 Å². The van der Waals surface area contributed by atoms with Crippen molar-refractivity contribution in [1.82, 2.24) is 4.72 Å². The number of hydrogen-bond acceptors (Lipinski definition) is 3. The second-order valence-electron chi connectivity index (χ2n) is 7.89. The summed E-state index contributed by atoms with van der Waals surface area (Å²) < 4.78 is 28.8. The minimum atomic E-state index is -3.59. The summed E-state index contributed by atoms with van der Waals surface area (Å²) in [7, 11) is -1.50. The highest BCUT2D eigenvalue weighted by Crippen LogP contribution is 2.32. The third kappa shape index (κ3) is 4.53. The third-order valence-electron chi connectivity index (χ3n) is 5.65. The highest BCUT2D eigenvalue weighted by molar-refractivity contribution is 7.89. The van der Waals surface area contributed by atoms with Gasteiger partial charge in [0.1, 0.15) is 0 Å². The van der Waals surface area contributed by atoms with E-state index in [2.05, 4.69) is 49.6 Å². The van der Waals surface area contributed by atoms with Crippen molar-refractivity contribution in [1.29, 1.82) is 0 Å². The van der Waals surface area contributed by atoms with Gasteiger partial charge in [-0.15, -0.1) is 0 Å². The van der Waals surface area contributed by atoms with Crippen molar-refractivity contribution in [3.8, 4) is 0 Å². The largest absolute Gasteiger partial charge is 0.370 e. The average Bonchev–Trinajstić information content (AvgIpc) is 2.61. The zero-order chi connectivity index (χ0) is 20.5. The van der Waals surface area contributed by atoms with E-state index in [9.17, 15) is 8.42 Å². The van der Waals surface area contributed by atoms with E-state index in [1.54, 1.807) is 24.3 Å². The van der Waals surface area contributed by atoms with Gasteiger partial charge in [0.05, 0.1) is 4.90 Å². The molecule has 4 nitrogen and oxygen atoms in total. The van der Waals surface area contributed by atoms with Gasteiger partial charge in [-0.1, -0.05) is 42.1 Å². The van der Waals surface area contributed by atoms with E-state index in [0.29, 0.717) is 5.02 Å². The molecule has 1 aliphatic carbocycles. The van der Waals surface area contributed by atoms with Crippen LogP contribution in [0.3, 0.4) is 0 Å². The number of nitrogens with one attached hydrogen (secondary N) is 1. The Bertz CT molecular complexity index is 919. The van der Waals surface area contributed by atoms with E-state index in [0.717, 1.165) is 25.7 Å². The van der Waals surface area contributed by atoms with Gasteiger partial charge in [0.25, 0.3) is 0 Å². The lowest BCUT2D eigenvalue weighted by Gasteiger charge is -2.40. The molecule has 6 heteroatoms. The third-order valence-corrected chi connectivity index (χ3v) is 7.40. The van der Waals surface area contributed by atoms with E-state index in [-0.39, 0.29) is 17.0 Å². The monoisotopic (exact) mass is 420 g/mol. The van der Waals surface area contributed by atoms with Gasteiger partial charge in [0.15, 0.2) is 0 Å². The van der Waals surface area contributed by atoms with Crippen molar-refractivity contribution >= 4 is 27.3 Å². The van der Waals surface area contributed by atoms with Crippen molar-refractivity contribution in [2.45, 2.75) is 63.4 Å². The molecular weight excluding hydrogens is 392 g/mol. The number of hydrogen-bond donors (Lipinski definition) is 1. The van der Waals surface area contributed by atoms with Gasteiger partial charge in [-0.2, -0.15) is 0 Å². The molecule has 2 aromatic carbocycles. The minimum Gasteiger partial charge on any atom is -0.370 e.